The Bertz CT molecular complexity index is 350. The van der Waals surface area contributed by atoms with Gasteiger partial charge in [-0.1, -0.05) is 16.7 Å². The molecule has 13 heavy (non-hydrogen) atoms. The first-order chi connectivity index (χ1) is 6.20. The van der Waals surface area contributed by atoms with Crippen LogP contribution in [0.2, 0.25) is 5.02 Å². The number of rotatable bonds is 3. The summed E-state index contributed by atoms with van der Waals surface area (Å²) >= 11 is 5.96. The highest BCUT2D eigenvalue weighted by molar-refractivity contribution is 6.31. The van der Waals surface area contributed by atoms with E-state index in [2.05, 4.69) is 15.1 Å². The quantitative estimate of drug-likeness (QED) is 0.419. The van der Waals surface area contributed by atoms with E-state index in [1.54, 1.807) is 4.68 Å². The summed E-state index contributed by atoms with van der Waals surface area (Å²) in [6.45, 7) is 4.77. The number of hydrogen-bond donors (Lipinski definition) is 0. The molecule has 70 valence electrons. The summed E-state index contributed by atoms with van der Waals surface area (Å²) in [6.07, 6.45) is 0. The number of halogens is 1. The third-order valence-corrected chi connectivity index (χ3v) is 2.23. The van der Waals surface area contributed by atoms with Crippen molar-refractivity contribution in [3.8, 4) is 0 Å². The molecule has 0 atom stereocenters. The minimum atomic E-state index is 0.254. The van der Waals surface area contributed by atoms with Gasteiger partial charge in [-0.2, -0.15) is 5.10 Å². The average molecular weight is 200 g/mol. The molecule has 0 aliphatic heterocycles. The van der Waals surface area contributed by atoms with Crippen molar-refractivity contribution in [2.24, 2.45) is 5.11 Å². The van der Waals surface area contributed by atoms with Crippen LogP contribution in [0.25, 0.3) is 10.4 Å². The lowest BCUT2D eigenvalue weighted by atomic mass is 10.3. The van der Waals surface area contributed by atoms with Gasteiger partial charge in [-0.05, 0) is 19.4 Å². The maximum Gasteiger partial charge on any atom is 0.0848 e. The van der Waals surface area contributed by atoms with Gasteiger partial charge in [0.15, 0.2) is 0 Å². The molecule has 1 aromatic heterocycles. The molecule has 0 N–H and O–H groups in total. The zero-order chi connectivity index (χ0) is 9.84. The molecule has 0 spiro atoms. The van der Waals surface area contributed by atoms with Gasteiger partial charge >= 0.3 is 0 Å². The van der Waals surface area contributed by atoms with Crippen molar-refractivity contribution < 1.29 is 0 Å². The van der Waals surface area contributed by atoms with Crippen LogP contribution in [-0.4, -0.2) is 9.78 Å². The van der Waals surface area contributed by atoms with E-state index in [0.29, 0.717) is 5.02 Å². The van der Waals surface area contributed by atoms with Gasteiger partial charge in [0.1, 0.15) is 0 Å². The topological polar surface area (TPSA) is 66.6 Å². The normalized spacial score (nSPS) is 9.77. The number of nitrogens with zero attached hydrogens (tertiary/aromatic N) is 5. The second kappa shape index (κ2) is 4.16. The lowest BCUT2D eigenvalue weighted by molar-refractivity contribution is 0.618. The Morgan fingerprint density at radius 1 is 1.69 bits per heavy atom. The molecule has 0 fully saturated rings. The Morgan fingerprint density at radius 3 is 2.92 bits per heavy atom. The third kappa shape index (κ3) is 1.94. The average Bonchev–Trinajstić information content (AvgIpc) is 2.40. The summed E-state index contributed by atoms with van der Waals surface area (Å²) in [5.41, 5.74) is 9.72. The smallest absolute Gasteiger partial charge is 0.0848 e. The van der Waals surface area contributed by atoms with E-state index in [9.17, 15) is 0 Å². The van der Waals surface area contributed by atoms with E-state index in [0.717, 1.165) is 17.9 Å². The number of hydrogen-bond acceptors (Lipinski definition) is 2. The zero-order valence-electron chi connectivity index (χ0n) is 7.53. The van der Waals surface area contributed by atoms with Gasteiger partial charge in [0.05, 0.1) is 23.0 Å². The predicted molar refractivity (Wildman–Crippen MR) is 50.5 cm³/mol. The second-order valence-corrected chi connectivity index (χ2v) is 2.93. The van der Waals surface area contributed by atoms with Crippen LogP contribution in [-0.2, 0) is 13.1 Å². The van der Waals surface area contributed by atoms with Crippen molar-refractivity contribution in [3.05, 3.63) is 26.9 Å². The van der Waals surface area contributed by atoms with Crippen LogP contribution in [0.5, 0.6) is 0 Å². The molecule has 0 unspecified atom stereocenters. The fourth-order valence-electron chi connectivity index (χ4n) is 1.12. The first kappa shape index (κ1) is 9.89. The number of aromatic nitrogens is 2. The predicted octanol–water partition coefficient (Wildman–Crippen LogP) is 2.68. The minimum absolute atomic E-state index is 0.254. The molecule has 1 heterocycles. The number of azide groups is 1. The molecule has 0 bridgehead atoms. The van der Waals surface area contributed by atoms with Crippen molar-refractivity contribution in [2.45, 2.75) is 26.9 Å². The standard InChI is InChI=1S/C7H10ClN5/c1-3-13-6(4-10-12-9)7(8)5(2)11-13/h3-4H2,1-2H3. The Balaban J connectivity index is 3.07. The highest BCUT2D eigenvalue weighted by Gasteiger charge is 2.10. The summed E-state index contributed by atoms with van der Waals surface area (Å²) in [6, 6.07) is 0. The van der Waals surface area contributed by atoms with E-state index >= 15 is 0 Å². The van der Waals surface area contributed by atoms with Crippen LogP contribution >= 0.6 is 11.6 Å². The molecule has 0 saturated carbocycles. The highest BCUT2D eigenvalue weighted by atomic mass is 35.5. The van der Waals surface area contributed by atoms with Crippen LogP contribution < -0.4 is 0 Å². The summed E-state index contributed by atoms with van der Waals surface area (Å²) in [4.78, 5) is 2.68. The van der Waals surface area contributed by atoms with E-state index in [1.807, 2.05) is 13.8 Å². The Kier molecular flexibility index (Phi) is 3.17. The molecule has 1 rings (SSSR count). The van der Waals surface area contributed by atoms with Crippen LogP contribution in [0.3, 0.4) is 0 Å². The van der Waals surface area contributed by atoms with Gasteiger partial charge in [0.25, 0.3) is 0 Å². The molecule has 0 aliphatic rings. The second-order valence-electron chi connectivity index (χ2n) is 2.55. The molecular formula is C7H10ClN5. The summed E-state index contributed by atoms with van der Waals surface area (Å²) in [7, 11) is 0. The van der Waals surface area contributed by atoms with Gasteiger partial charge < -0.3 is 0 Å². The molecule has 0 aromatic carbocycles. The maximum absolute atomic E-state index is 8.17. The largest absolute Gasteiger partial charge is 0.268 e. The first-order valence-corrected chi connectivity index (χ1v) is 4.31. The monoisotopic (exact) mass is 199 g/mol. The van der Waals surface area contributed by atoms with Crippen LogP contribution in [0.4, 0.5) is 0 Å². The van der Waals surface area contributed by atoms with Gasteiger partial charge in [0.2, 0.25) is 0 Å². The zero-order valence-corrected chi connectivity index (χ0v) is 8.28. The van der Waals surface area contributed by atoms with E-state index in [1.165, 1.54) is 0 Å². The molecular weight excluding hydrogens is 190 g/mol. The SMILES string of the molecule is CCn1nc(C)c(Cl)c1CN=[N+]=[N-]. The van der Waals surface area contributed by atoms with E-state index in [4.69, 9.17) is 17.1 Å². The van der Waals surface area contributed by atoms with Gasteiger partial charge in [0, 0.05) is 11.5 Å². The first-order valence-electron chi connectivity index (χ1n) is 3.93. The lowest BCUT2D eigenvalue weighted by Crippen LogP contribution is -2.01. The van der Waals surface area contributed by atoms with Crippen molar-refractivity contribution >= 4 is 11.6 Å². The van der Waals surface area contributed by atoms with Crippen molar-refractivity contribution in [3.63, 3.8) is 0 Å². The minimum Gasteiger partial charge on any atom is -0.268 e. The van der Waals surface area contributed by atoms with E-state index in [-0.39, 0.29) is 6.54 Å². The molecule has 5 nitrogen and oxygen atoms in total. The Morgan fingerprint density at radius 2 is 2.38 bits per heavy atom. The molecule has 1 aromatic rings. The molecule has 0 aliphatic carbocycles. The van der Waals surface area contributed by atoms with Gasteiger partial charge in [-0.3, -0.25) is 4.68 Å². The highest BCUT2D eigenvalue weighted by Crippen LogP contribution is 2.20. The van der Waals surface area contributed by atoms with Crippen LogP contribution in [0.15, 0.2) is 5.11 Å². The van der Waals surface area contributed by atoms with Gasteiger partial charge in [-0.15, -0.1) is 0 Å². The Labute approximate surface area is 80.9 Å². The summed E-state index contributed by atoms with van der Waals surface area (Å²) in [5.74, 6) is 0. The van der Waals surface area contributed by atoms with Crippen LogP contribution in [0.1, 0.15) is 18.3 Å². The summed E-state index contributed by atoms with van der Waals surface area (Å²) < 4.78 is 1.74. The molecule has 0 amide bonds. The van der Waals surface area contributed by atoms with Crippen molar-refractivity contribution in [1.29, 1.82) is 0 Å². The fourth-order valence-corrected chi connectivity index (χ4v) is 1.31. The fraction of sp³-hybridized carbons (Fsp3) is 0.571. The van der Waals surface area contributed by atoms with Crippen LogP contribution in [0, 0.1) is 6.92 Å². The van der Waals surface area contributed by atoms with Crippen molar-refractivity contribution in [1.82, 2.24) is 9.78 Å². The van der Waals surface area contributed by atoms with E-state index < -0.39 is 0 Å². The lowest BCUT2D eigenvalue weighted by Gasteiger charge is -2.00. The molecule has 6 heteroatoms. The molecule has 0 radical (unpaired) electrons. The van der Waals surface area contributed by atoms with Crippen molar-refractivity contribution in [2.75, 3.05) is 0 Å². The van der Waals surface area contributed by atoms with Gasteiger partial charge in [-0.25, -0.2) is 0 Å². The molecule has 0 saturated heterocycles. The maximum atomic E-state index is 8.17. The summed E-state index contributed by atoms with van der Waals surface area (Å²) in [5, 5.41) is 8.23. The third-order valence-electron chi connectivity index (χ3n) is 1.74. The Hall–Kier alpha value is -1.19. The number of aryl methyl sites for hydroxylation is 2.